The van der Waals surface area contributed by atoms with Crippen LogP contribution in [0, 0.1) is 6.92 Å². The fraction of sp³-hybridized carbons (Fsp3) is 0.235. The second-order valence-electron chi connectivity index (χ2n) is 5.31. The number of hydrogen-bond acceptors (Lipinski definition) is 2. The van der Waals surface area contributed by atoms with E-state index in [1.165, 1.54) is 5.56 Å². The highest BCUT2D eigenvalue weighted by molar-refractivity contribution is 9.10. The topological polar surface area (TPSA) is 32.3 Å². The first-order valence-electron chi connectivity index (χ1n) is 6.93. The van der Waals surface area contributed by atoms with E-state index in [0.29, 0.717) is 11.6 Å². The highest BCUT2D eigenvalue weighted by Gasteiger charge is 2.09. The monoisotopic (exact) mass is 380 g/mol. The van der Waals surface area contributed by atoms with Gasteiger partial charge in [-0.25, -0.2) is 0 Å². The predicted octanol–water partition coefficient (Wildman–Crippen LogP) is 4.48. The second kappa shape index (κ2) is 7.77. The van der Waals surface area contributed by atoms with E-state index in [-0.39, 0.29) is 5.91 Å². The first kappa shape index (κ1) is 17.0. The molecule has 22 heavy (non-hydrogen) atoms. The summed E-state index contributed by atoms with van der Waals surface area (Å²) in [6.07, 6.45) is 0. The molecule has 0 spiro atoms. The SMILES string of the molecule is Cc1cc(Cl)ccc1NC(=O)CN(C)Cc1ccc(Br)cc1. The molecule has 5 heteroatoms. The zero-order valence-corrected chi connectivity index (χ0v) is 14.9. The number of benzene rings is 2. The molecular weight excluding hydrogens is 364 g/mol. The van der Waals surface area contributed by atoms with Crippen molar-refractivity contribution in [2.75, 3.05) is 18.9 Å². The van der Waals surface area contributed by atoms with Gasteiger partial charge in [0.15, 0.2) is 0 Å². The minimum atomic E-state index is -0.0370. The molecule has 116 valence electrons. The summed E-state index contributed by atoms with van der Waals surface area (Å²) in [5.41, 5.74) is 2.92. The lowest BCUT2D eigenvalue weighted by Gasteiger charge is -2.17. The van der Waals surface area contributed by atoms with Gasteiger partial charge in [0.05, 0.1) is 6.54 Å². The number of aryl methyl sites for hydroxylation is 1. The zero-order chi connectivity index (χ0) is 16.1. The molecule has 0 aromatic heterocycles. The van der Waals surface area contributed by atoms with E-state index < -0.39 is 0 Å². The normalized spacial score (nSPS) is 10.8. The lowest BCUT2D eigenvalue weighted by Crippen LogP contribution is -2.30. The van der Waals surface area contributed by atoms with Crippen molar-refractivity contribution in [3.63, 3.8) is 0 Å². The van der Waals surface area contributed by atoms with E-state index in [4.69, 9.17) is 11.6 Å². The van der Waals surface area contributed by atoms with Gasteiger partial charge in [-0.2, -0.15) is 0 Å². The molecule has 2 rings (SSSR count). The van der Waals surface area contributed by atoms with Crippen molar-refractivity contribution in [2.24, 2.45) is 0 Å². The summed E-state index contributed by atoms with van der Waals surface area (Å²) >= 11 is 9.33. The maximum atomic E-state index is 12.1. The molecule has 1 amide bonds. The lowest BCUT2D eigenvalue weighted by atomic mass is 10.2. The van der Waals surface area contributed by atoms with Crippen molar-refractivity contribution >= 4 is 39.1 Å². The molecule has 0 radical (unpaired) electrons. The average Bonchev–Trinajstić information content (AvgIpc) is 2.44. The van der Waals surface area contributed by atoms with Crippen molar-refractivity contribution in [3.05, 3.63) is 63.1 Å². The Kier molecular flexibility index (Phi) is 6.00. The molecule has 1 N–H and O–H groups in total. The molecule has 0 heterocycles. The van der Waals surface area contributed by atoms with Crippen molar-refractivity contribution < 1.29 is 4.79 Å². The number of carbonyl (C=O) groups is 1. The highest BCUT2D eigenvalue weighted by atomic mass is 79.9. The van der Waals surface area contributed by atoms with Crippen LogP contribution >= 0.6 is 27.5 Å². The first-order chi connectivity index (χ1) is 10.4. The van der Waals surface area contributed by atoms with Gasteiger partial charge < -0.3 is 5.32 Å². The molecular formula is C17H18BrClN2O. The number of rotatable bonds is 5. The Hall–Kier alpha value is -1.36. The van der Waals surface area contributed by atoms with E-state index >= 15 is 0 Å². The van der Waals surface area contributed by atoms with Gasteiger partial charge in [0.2, 0.25) is 5.91 Å². The molecule has 2 aromatic carbocycles. The number of halogens is 2. The zero-order valence-electron chi connectivity index (χ0n) is 12.6. The number of nitrogens with one attached hydrogen (secondary N) is 1. The second-order valence-corrected chi connectivity index (χ2v) is 6.66. The van der Waals surface area contributed by atoms with Crippen molar-refractivity contribution in [1.82, 2.24) is 4.90 Å². The minimum Gasteiger partial charge on any atom is -0.325 e. The number of likely N-dealkylation sites (N-methyl/N-ethyl adjacent to an activating group) is 1. The maximum absolute atomic E-state index is 12.1. The van der Waals surface area contributed by atoms with Crippen molar-refractivity contribution in [2.45, 2.75) is 13.5 Å². The van der Waals surface area contributed by atoms with Gasteiger partial charge in [-0.05, 0) is 55.4 Å². The Morgan fingerprint density at radius 3 is 2.55 bits per heavy atom. The molecule has 0 bridgehead atoms. The molecule has 0 aliphatic rings. The number of hydrogen-bond donors (Lipinski definition) is 1. The van der Waals surface area contributed by atoms with Crippen LogP contribution in [0.3, 0.4) is 0 Å². The molecule has 0 unspecified atom stereocenters. The average molecular weight is 382 g/mol. The highest BCUT2D eigenvalue weighted by Crippen LogP contribution is 2.19. The van der Waals surface area contributed by atoms with Crippen LogP contribution in [0.5, 0.6) is 0 Å². The maximum Gasteiger partial charge on any atom is 0.238 e. The van der Waals surface area contributed by atoms with Crippen LogP contribution in [0.25, 0.3) is 0 Å². The van der Waals surface area contributed by atoms with Crippen LogP contribution in [0.4, 0.5) is 5.69 Å². The number of carbonyl (C=O) groups excluding carboxylic acids is 1. The smallest absolute Gasteiger partial charge is 0.238 e. The van der Waals surface area contributed by atoms with Crippen LogP contribution in [-0.4, -0.2) is 24.4 Å². The summed E-state index contributed by atoms with van der Waals surface area (Å²) in [7, 11) is 1.93. The molecule has 2 aromatic rings. The summed E-state index contributed by atoms with van der Waals surface area (Å²) in [6, 6.07) is 13.5. The summed E-state index contributed by atoms with van der Waals surface area (Å²) in [6.45, 7) is 2.98. The Morgan fingerprint density at radius 2 is 1.91 bits per heavy atom. The van der Waals surface area contributed by atoms with Crippen molar-refractivity contribution in [3.8, 4) is 0 Å². The van der Waals surface area contributed by atoms with Crippen LogP contribution in [0.1, 0.15) is 11.1 Å². The Bertz CT molecular complexity index is 658. The summed E-state index contributed by atoms with van der Waals surface area (Å²) in [4.78, 5) is 14.1. The molecule has 0 aliphatic heterocycles. The summed E-state index contributed by atoms with van der Waals surface area (Å²) in [5, 5.41) is 3.59. The van der Waals surface area contributed by atoms with Crippen LogP contribution in [-0.2, 0) is 11.3 Å². The van der Waals surface area contributed by atoms with E-state index in [1.54, 1.807) is 6.07 Å². The van der Waals surface area contributed by atoms with Gasteiger partial charge >= 0.3 is 0 Å². The molecule has 0 atom stereocenters. The number of anilines is 1. The molecule has 0 saturated heterocycles. The Labute approximate surface area is 144 Å². The minimum absolute atomic E-state index is 0.0370. The standard InChI is InChI=1S/C17H18BrClN2O/c1-12-9-15(19)7-8-16(12)20-17(22)11-21(2)10-13-3-5-14(18)6-4-13/h3-9H,10-11H2,1-2H3,(H,20,22). The number of amides is 1. The van der Waals surface area contributed by atoms with E-state index in [2.05, 4.69) is 21.2 Å². The Balaban J connectivity index is 1.89. The molecule has 0 aliphatic carbocycles. The van der Waals surface area contributed by atoms with Crippen LogP contribution in [0.2, 0.25) is 5.02 Å². The van der Waals surface area contributed by atoms with Gasteiger partial charge in [-0.15, -0.1) is 0 Å². The van der Waals surface area contributed by atoms with Crippen LogP contribution < -0.4 is 5.32 Å². The quantitative estimate of drug-likeness (QED) is 0.828. The van der Waals surface area contributed by atoms with Crippen LogP contribution in [0.15, 0.2) is 46.9 Å². The Morgan fingerprint density at radius 1 is 1.23 bits per heavy atom. The largest absolute Gasteiger partial charge is 0.325 e. The first-order valence-corrected chi connectivity index (χ1v) is 8.10. The summed E-state index contributed by atoms with van der Waals surface area (Å²) < 4.78 is 1.05. The number of nitrogens with zero attached hydrogens (tertiary/aromatic N) is 1. The van der Waals surface area contributed by atoms with Gasteiger partial charge in [0.25, 0.3) is 0 Å². The van der Waals surface area contributed by atoms with Gasteiger partial charge in [0.1, 0.15) is 0 Å². The molecule has 0 saturated carbocycles. The summed E-state index contributed by atoms with van der Waals surface area (Å²) in [5.74, 6) is -0.0370. The molecule has 0 fully saturated rings. The van der Waals surface area contributed by atoms with Crippen molar-refractivity contribution in [1.29, 1.82) is 0 Å². The lowest BCUT2D eigenvalue weighted by molar-refractivity contribution is -0.117. The third-order valence-electron chi connectivity index (χ3n) is 3.24. The van der Waals surface area contributed by atoms with Gasteiger partial charge in [0, 0.05) is 21.7 Å². The molecule has 3 nitrogen and oxygen atoms in total. The van der Waals surface area contributed by atoms with Gasteiger partial charge in [-0.1, -0.05) is 39.7 Å². The fourth-order valence-electron chi connectivity index (χ4n) is 2.16. The fourth-order valence-corrected chi connectivity index (χ4v) is 2.65. The third kappa shape index (κ3) is 5.13. The van der Waals surface area contributed by atoms with E-state index in [9.17, 15) is 4.79 Å². The van der Waals surface area contributed by atoms with Gasteiger partial charge in [-0.3, -0.25) is 9.69 Å². The van der Waals surface area contributed by atoms with E-state index in [1.807, 2.05) is 55.3 Å². The third-order valence-corrected chi connectivity index (χ3v) is 4.01. The van der Waals surface area contributed by atoms with E-state index in [0.717, 1.165) is 22.3 Å². The predicted molar refractivity (Wildman–Crippen MR) is 95.3 cm³/mol.